The van der Waals surface area contributed by atoms with Crippen LogP contribution < -0.4 is 4.74 Å². The molecular formula is C20H12O4S. The number of hydrogen-bond donors (Lipinski definition) is 0. The van der Waals surface area contributed by atoms with Crippen LogP contribution in [0.1, 0.15) is 25.8 Å². The summed E-state index contributed by atoms with van der Waals surface area (Å²) in [5, 5.41) is 0.728. The van der Waals surface area contributed by atoms with Crippen LogP contribution in [0.25, 0.3) is 10.1 Å². The van der Waals surface area contributed by atoms with Crippen LogP contribution in [0.15, 0.2) is 77.4 Å². The summed E-state index contributed by atoms with van der Waals surface area (Å²) in [6.07, 6.45) is 1.40. The molecule has 0 bridgehead atoms. The highest BCUT2D eigenvalue weighted by atomic mass is 32.1. The number of rotatable bonds is 4. The molecule has 0 aliphatic carbocycles. The zero-order valence-electron chi connectivity index (χ0n) is 13.0. The molecule has 0 saturated heterocycles. The van der Waals surface area contributed by atoms with Crippen molar-refractivity contribution in [2.75, 3.05) is 0 Å². The number of fused-ring (bicyclic) bond motifs is 1. The molecule has 4 rings (SSSR count). The first-order chi connectivity index (χ1) is 12.2. The summed E-state index contributed by atoms with van der Waals surface area (Å²) in [7, 11) is 0. The Balaban J connectivity index is 1.81. The lowest BCUT2D eigenvalue weighted by molar-refractivity contribution is 0.0703. The Morgan fingerprint density at radius 2 is 1.64 bits per heavy atom. The van der Waals surface area contributed by atoms with Crippen molar-refractivity contribution in [3.05, 3.63) is 89.2 Å². The number of thiophene rings is 1. The number of carbonyl (C=O) groups excluding carboxylic acids is 2. The molecule has 0 aliphatic heterocycles. The third kappa shape index (κ3) is 2.86. The molecule has 4 aromatic rings. The van der Waals surface area contributed by atoms with Crippen LogP contribution >= 0.6 is 11.3 Å². The van der Waals surface area contributed by atoms with Gasteiger partial charge in [-0.2, -0.15) is 0 Å². The molecule has 0 aliphatic rings. The van der Waals surface area contributed by atoms with Gasteiger partial charge in [-0.15, -0.1) is 11.3 Å². The first-order valence-corrected chi connectivity index (χ1v) is 8.42. The molecule has 0 atom stereocenters. The Morgan fingerprint density at radius 1 is 0.880 bits per heavy atom. The minimum Gasteiger partial charge on any atom is -0.457 e. The van der Waals surface area contributed by atoms with Crippen molar-refractivity contribution in [3.8, 4) is 5.75 Å². The SMILES string of the molecule is O=C(Oc1c(C(=O)c2ccccc2)sc2ccccc12)c1ccco1. The molecule has 2 heterocycles. The fraction of sp³-hybridized carbons (Fsp3) is 0. The lowest BCUT2D eigenvalue weighted by atomic mass is 10.1. The van der Waals surface area contributed by atoms with E-state index in [9.17, 15) is 9.59 Å². The number of furan rings is 1. The summed E-state index contributed by atoms with van der Waals surface area (Å²) in [6.45, 7) is 0. The zero-order chi connectivity index (χ0) is 17.2. The molecular weight excluding hydrogens is 336 g/mol. The smallest absolute Gasteiger partial charge is 0.379 e. The van der Waals surface area contributed by atoms with Gasteiger partial charge in [0.25, 0.3) is 0 Å². The van der Waals surface area contributed by atoms with Gasteiger partial charge in [0.1, 0.15) is 4.88 Å². The van der Waals surface area contributed by atoms with Gasteiger partial charge < -0.3 is 9.15 Å². The third-order valence-corrected chi connectivity index (χ3v) is 4.86. The first kappa shape index (κ1) is 15.4. The van der Waals surface area contributed by atoms with Crippen molar-refractivity contribution >= 4 is 33.2 Å². The van der Waals surface area contributed by atoms with Crippen molar-refractivity contribution in [3.63, 3.8) is 0 Å². The van der Waals surface area contributed by atoms with Gasteiger partial charge in [0.2, 0.25) is 11.5 Å². The van der Waals surface area contributed by atoms with Crippen LogP contribution in [-0.4, -0.2) is 11.8 Å². The quantitative estimate of drug-likeness (QED) is 0.387. The van der Waals surface area contributed by atoms with Crippen LogP contribution in [0.4, 0.5) is 0 Å². The normalized spacial score (nSPS) is 10.7. The Labute approximate surface area is 147 Å². The maximum atomic E-state index is 12.9. The van der Waals surface area contributed by atoms with Crippen LogP contribution in [0.5, 0.6) is 5.75 Å². The predicted octanol–water partition coefficient (Wildman–Crippen LogP) is 4.94. The van der Waals surface area contributed by atoms with E-state index < -0.39 is 5.97 Å². The highest BCUT2D eigenvalue weighted by Crippen LogP contribution is 2.39. The van der Waals surface area contributed by atoms with Crippen molar-refractivity contribution in [2.45, 2.75) is 0 Å². The molecule has 25 heavy (non-hydrogen) atoms. The second-order valence-corrected chi connectivity index (χ2v) is 6.37. The van der Waals surface area contributed by atoms with E-state index in [1.807, 2.05) is 30.3 Å². The van der Waals surface area contributed by atoms with Crippen molar-refractivity contribution in [1.29, 1.82) is 0 Å². The number of carbonyl (C=O) groups is 2. The van der Waals surface area contributed by atoms with E-state index in [4.69, 9.17) is 9.15 Å². The number of ether oxygens (including phenoxy) is 1. The number of ketones is 1. The summed E-state index contributed by atoms with van der Waals surface area (Å²) in [4.78, 5) is 25.6. The maximum Gasteiger partial charge on any atom is 0.379 e. The number of benzene rings is 2. The van der Waals surface area contributed by atoms with Gasteiger partial charge in [0.05, 0.1) is 6.26 Å². The molecule has 0 fully saturated rings. The van der Waals surface area contributed by atoms with E-state index in [1.54, 1.807) is 30.3 Å². The van der Waals surface area contributed by atoms with Gasteiger partial charge in [-0.1, -0.05) is 42.5 Å². The predicted molar refractivity (Wildman–Crippen MR) is 95.4 cm³/mol. The summed E-state index contributed by atoms with van der Waals surface area (Å²) in [5.41, 5.74) is 0.546. The van der Waals surface area contributed by atoms with Crippen LogP contribution in [0.3, 0.4) is 0 Å². The summed E-state index contributed by atoms with van der Waals surface area (Å²) < 4.78 is 11.5. The molecule has 0 amide bonds. The zero-order valence-corrected chi connectivity index (χ0v) is 13.8. The van der Waals surface area contributed by atoms with Gasteiger partial charge in [-0.05, 0) is 24.3 Å². The van der Waals surface area contributed by atoms with Gasteiger partial charge >= 0.3 is 5.97 Å². The van der Waals surface area contributed by atoms with E-state index in [2.05, 4.69) is 0 Å². The summed E-state index contributed by atoms with van der Waals surface area (Å²) >= 11 is 1.31. The molecule has 4 nitrogen and oxygen atoms in total. The minimum absolute atomic E-state index is 0.0911. The summed E-state index contributed by atoms with van der Waals surface area (Å²) in [5.74, 6) is -0.441. The number of hydrogen-bond acceptors (Lipinski definition) is 5. The van der Waals surface area contributed by atoms with Gasteiger partial charge in [0, 0.05) is 15.6 Å². The lowest BCUT2D eigenvalue weighted by Crippen LogP contribution is -2.10. The molecule has 2 aromatic heterocycles. The second kappa shape index (κ2) is 6.37. The summed E-state index contributed by atoms with van der Waals surface area (Å²) in [6, 6.07) is 19.5. The fourth-order valence-electron chi connectivity index (χ4n) is 2.53. The van der Waals surface area contributed by atoms with E-state index in [0.29, 0.717) is 10.4 Å². The maximum absolute atomic E-state index is 12.9. The monoisotopic (exact) mass is 348 g/mol. The third-order valence-electron chi connectivity index (χ3n) is 3.71. The van der Waals surface area contributed by atoms with Crippen LogP contribution in [0, 0.1) is 0 Å². The Morgan fingerprint density at radius 3 is 2.40 bits per heavy atom. The molecule has 0 radical (unpaired) electrons. The van der Waals surface area contributed by atoms with Crippen molar-refractivity contribution in [2.24, 2.45) is 0 Å². The van der Waals surface area contributed by atoms with E-state index >= 15 is 0 Å². The molecule has 0 N–H and O–H groups in total. The Hall–Kier alpha value is -3.18. The van der Waals surface area contributed by atoms with Crippen molar-refractivity contribution < 1.29 is 18.7 Å². The molecule has 2 aromatic carbocycles. The van der Waals surface area contributed by atoms with Gasteiger partial charge in [-0.25, -0.2) is 4.79 Å². The molecule has 122 valence electrons. The average Bonchev–Trinajstić information content (AvgIpc) is 3.30. The Bertz CT molecular complexity index is 1050. The molecule has 0 unspecified atom stereocenters. The highest BCUT2D eigenvalue weighted by Gasteiger charge is 2.24. The van der Waals surface area contributed by atoms with Gasteiger partial charge in [-0.3, -0.25) is 4.79 Å². The average molecular weight is 348 g/mol. The minimum atomic E-state index is -0.629. The second-order valence-electron chi connectivity index (χ2n) is 5.32. The molecule has 0 saturated carbocycles. The molecule has 5 heteroatoms. The van der Waals surface area contributed by atoms with E-state index in [1.165, 1.54) is 23.7 Å². The number of esters is 1. The largest absolute Gasteiger partial charge is 0.457 e. The fourth-order valence-corrected chi connectivity index (χ4v) is 3.62. The standard InChI is InChI=1S/C20H12O4S/c21-17(13-7-2-1-3-8-13)19-18(14-9-4-5-11-16(14)25-19)24-20(22)15-10-6-12-23-15/h1-12H. The van der Waals surface area contributed by atoms with Crippen molar-refractivity contribution in [1.82, 2.24) is 0 Å². The van der Waals surface area contributed by atoms with Crippen LogP contribution in [0.2, 0.25) is 0 Å². The Kier molecular flexibility index (Phi) is 3.91. The van der Waals surface area contributed by atoms with E-state index in [0.717, 1.165) is 10.1 Å². The topological polar surface area (TPSA) is 56.5 Å². The van der Waals surface area contributed by atoms with Crippen LogP contribution in [-0.2, 0) is 0 Å². The first-order valence-electron chi connectivity index (χ1n) is 7.61. The molecule has 0 spiro atoms. The lowest BCUT2D eigenvalue weighted by Gasteiger charge is -2.05. The van der Waals surface area contributed by atoms with E-state index in [-0.39, 0.29) is 17.3 Å². The highest BCUT2D eigenvalue weighted by molar-refractivity contribution is 7.21. The van der Waals surface area contributed by atoms with Gasteiger partial charge in [0.15, 0.2) is 5.75 Å².